The number of aromatic nitrogens is 2. The Morgan fingerprint density at radius 2 is 2.12 bits per heavy atom. The highest BCUT2D eigenvalue weighted by molar-refractivity contribution is 5.93. The number of imidazole rings is 1. The number of carbonyl (C=O) groups is 1. The zero-order chi connectivity index (χ0) is 11.7. The van der Waals surface area contributed by atoms with Gasteiger partial charge >= 0.3 is 5.97 Å². The van der Waals surface area contributed by atoms with Crippen molar-refractivity contribution >= 4 is 5.97 Å². The van der Waals surface area contributed by atoms with Crippen LogP contribution in [0.15, 0.2) is 24.3 Å². The highest BCUT2D eigenvalue weighted by Crippen LogP contribution is 2.22. The maximum Gasteiger partial charge on any atom is 0.354 e. The van der Waals surface area contributed by atoms with Crippen LogP contribution in [0.5, 0.6) is 0 Å². The fourth-order valence-electron chi connectivity index (χ4n) is 1.65. The quantitative estimate of drug-likeness (QED) is 0.810. The number of aryl methyl sites for hydroxylation is 2. The largest absolute Gasteiger partial charge is 0.477 e. The number of aromatic amines is 1. The van der Waals surface area contributed by atoms with Crippen LogP contribution in [0.1, 0.15) is 21.9 Å². The van der Waals surface area contributed by atoms with Gasteiger partial charge in [-0.05, 0) is 19.9 Å². The summed E-state index contributed by atoms with van der Waals surface area (Å²) in [5.74, 6) is -0.383. The van der Waals surface area contributed by atoms with Crippen molar-refractivity contribution in [3.8, 4) is 11.3 Å². The Kier molecular flexibility index (Phi) is 2.48. The van der Waals surface area contributed by atoms with Crippen molar-refractivity contribution in [2.75, 3.05) is 0 Å². The lowest BCUT2D eigenvalue weighted by Crippen LogP contribution is -1.99. The first-order valence-corrected chi connectivity index (χ1v) is 4.95. The van der Waals surface area contributed by atoms with E-state index in [1.807, 2.05) is 31.2 Å². The van der Waals surface area contributed by atoms with Crippen molar-refractivity contribution in [1.29, 1.82) is 0 Å². The Labute approximate surface area is 93.0 Å². The van der Waals surface area contributed by atoms with Crippen molar-refractivity contribution in [2.45, 2.75) is 13.8 Å². The van der Waals surface area contributed by atoms with Gasteiger partial charge in [0.2, 0.25) is 0 Å². The maximum atomic E-state index is 11.0. The summed E-state index contributed by atoms with van der Waals surface area (Å²) in [5.41, 5.74) is 2.54. The van der Waals surface area contributed by atoms with Gasteiger partial charge in [0.25, 0.3) is 0 Å². The molecule has 0 amide bonds. The van der Waals surface area contributed by atoms with Crippen LogP contribution in [0.3, 0.4) is 0 Å². The van der Waals surface area contributed by atoms with Gasteiger partial charge in [-0.2, -0.15) is 0 Å². The molecule has 82 valence electrons. The van der Waals surface area contributed by atoms with Crippen LogP contribution in [0.2, 0.25) is 0 Å². The molecule has 0 aliphatic carbocycles. The number of H-pyrrole nitrogens is 1. The standard InChI is InChI=1S/C12H12N2O2/c1-7-4-3-5-9(6-7)10-11(12(15)16)14-8(2)13-10/h3-6H,1-2H3,(H,13,14)(H,15,16). The third-order valence-electron chi connectivity index (χ3n) is 2.33. The van der Waals surface area contributed by atoms with E-state index >= 15 is 0 Å². The molecule has 1 aromatic heterocycles. The minimum atomic E-state index is -0.989. The van der Waals surface area contributed by atoms with E-state index in [0.29, 0.717) is 11.5 Å². The third kappa shape index (κ3) is 1.82. The van der Waals surface area contributed by atoms with Crippen LogP contribution in [-0.4, -0.2) is 21.0 Å². The van der Waals surface area contributed by atoms with E-state index in [-0.39, 0.29) is 5.69 Å². The molecule has 2 rings (SSSR count). The SMILES string of the molecule is Cc1cccc(-c2nc(C)[nH]c2C(=O)O)c1. The van der Waals surface area contributed by atoms with Crippen molar-refractivity contribution in [1.82, 2.24) is 9.97 Å². The normalized spacial score (nSPS) is 10.4. The van der Waals surface area contributed by atoms with E-state index < -0.39 is 5.97 Å². The summed E-state index contributed by atoms with van der Waals surface area (Å²) in [6.45, 7) is 3.70. The number of nitrogens with zero attached hydrogens (tertiary/aromatic N) is 1. The number of nitrogens with one attached hydrogen (secondary N) is 1. The Bertz CT molecular complexity index is 544. The number of carboxylic acids is 1. The number of benzene rings is 1. The Morgan fingerprint density at radius 3 is 2.75 bits per heavy atom. The van der Waals surface area contributed by atoms with Crippen molar-refractivity contribution in [3.63, 3.8) is 0 Å². The minimum absolute atomic E-state index is 0.142. The van der Waals surface area contributed by atoms with Gasteiger partial charge < -0.3 is 10.1 Å². The second kappa shape index (κ2) is 3.81. The predicted octanol–water partition coefficient (Wildman–Crippen LogP) is 2.39. The van der Waals surface area contributed by atoms with E-state index in [1.54, 1.807) is 6.92 Å². The molecule has 2 aromatic rings. The van der Waals surface area contributed by atoms with E-state index in [9.17, 15) is 4.79 Å². The first-order valence-electron chi connectivity index (χ1n) is 4.95. The van der Waals surface area contributed by atoms with Gasteiger partial charge in [-0.25, -0.2) is 9.78 Å². The fraction of sp³-hybridized carbons (Fsp3) is 0.167. The minimum Gasteiger partial charge on any atom is -0.477 e. The Balaban J connectivity index is 2.59. The molecule has 0 unspecified atom stereocenters. The molecule has 16 heavy (non-hydrogen) atoms. The van der Waals surface area contributed by atoms with Crippen LogP contribution in [0.25, 0.3) is 11.3 Å². The molecule has 1 heterocycles. The van der Waals surface area contributed by atoms with Gasteiger partial charge in [-0.3, -0.25) is 0 Å². The Hall–Kier alpha value is -2.10. The molecule has 0 fully saturated rings. The summed E-state index contributed by atoms with van der Waals surface area (Å²) < 4.78 is 0. The second-order valence-electron chi connectivity index (χ2n) is 3.72. The van der Waals surface area contributed by atoms with E-state index in [1.165, 1.54) is 0 Å². The first kappa shape index (κ1) is 10.4. The van der Waals surface area contributed by atoms with Crippen LogP contribution >= 0.6 is 0 Å². The zero-order valence-electron chi connectivity index (χ0n) is 9.11. The molecule has 0 bridgehead atoms. The number of hydrogen-bond acceptors (Lipinski definition) is 2. The van der Waals surface area contributed by atoms with Crippen LogP contribution in [-0.2, 0) is 0 Å². The molecule has 0 atom stereocenters. The van der Waals surface area contributed by atoms with Crippen LogP contribution in [0.4, 0.5) is 0 Å². The van der Waals surface area contributed by atoms with Gasteiger partial charge in [-0.1, -0.05) is 23.8 Å². The Morgan fingerprint density at radius 1 is 1.38 bits per heavy atom. The molecular weight excluding hydrogens is 204 g/mol. The number of aromatic carboxylic acids is 1. The number of rotatable bonds is 2. The average molecular weight is 216 g/mol. The van der Waals surface area contributed by atoms with E-state index in [0.717, 1.165) is 11.1 Å². The maximum absolute atomic E-state index is 11.0. The predicted molar refractivity (Wildman–Crippen MR) is 60.5 cm³/mol. The summed E-state index contributed by atoms with van der Waals surface area (Å²) in [6.07, 6.45) is 0. The molecule has 0 saturated carbocycles. The van der Waals surface area contributed by atoms with Crippen LogP contribution < -0.4 is 0 Å². The van der Waals surface area contributed by atoms with Gasteiger partial charge in [0.05, 0.1) is 0 Å². The van der Waals surface area contributed by atoms with E-state index in [4.69, 9.17) is 5.11 Å². The smallest absolute Gasteiger partial charge is 0.354 e. The molecular formula is C12H12N2O2. The monoisotopic (exact) mass is 216 g/mol. The van der Waals surface area contributed by atoms with Crippen LogP contribution in [0, 0.1) is 13.8 Å². The molecule has 0 spiro atoms. The lowest BCUT2D eigenvalue weighted by Gasteiger charge is -2.00. The molecule has 1 aromatic carbocycles. The van der Waals surface area contributed by atoms with Gasteiger partial charge in [0, 0.05) is 5.56 Å². The van der Waals surface area contributed by atoms with Crippen molar-refractivity contribution < 1.29 is 9.90 Å². The van der Waals surface area contributed by atoms with Crippen molar-refractivity contribution in [2.24, 2.45) is 0 Å². The highest BCUT2D eigenvalue weighted by atomic mass is 16.4. The zero-order valence-corrected chi connectivity index (χ0v) is 9.11. The molecule has 0 aliphatic rings. The third-order valence-corrected chi connectivity index (χ3v) is 2.33. The summed E-state index contributed by atoms with van der Waals surface area (Å²) >= 11 is 0. The summed E-state index contributed by atoms with van der Waals surface area (Å²) in [5, 5.41) is 9.04. The molecule has 0 saturated heterocycles. The highest BCUT2D eigenvalue weighted by Gasteiger charge is 2.16. The first-order chi connectivity index (χ1) is 7.58. The molecule has 4 nitrogen and oxygen atoms in total. The second-order valence-corrected chi connectivity index (χ2v) is 3.72. The summed E-state index contributed by atoms with van der Waals surface area (Å²) in [6, 6.07) is 7.63. The average Bonchev–Trinajstić information content (AvgIpc) is 2.60. The molecule has 0 radical (unpaired) electrons. The number of hydrogen-bond donors (Lipinski definition) is 2. The lowest BCUT2D eigenvalue weighted by atomic mass is 10.1. The van der Waals surface area contributed by atoms with Gasteiger partial charge in [0.1, 0.15) is 11.5 Å². The van der Waals surface area contributed by atoms with Crippen molar-refractivity contribution in [3.05, 3.63) is 41.3 Å². The summed E-state index contributed by atoms with van der Waals surface area (Å²) in [4.78, 5) is 18.0. The topological polar surface area (TPSA) is 66.0 Å². The molecule has 2 N–H and O–H groups in total. The molecule has 0 aliphatic heterocycles. The summed E-state index contributed by atoms with van der Waals surface area (Å²) in [7, 11) is 0. The van der Waals surface area contributed by atoms with Gasteiger partial charge in [-0.15, -0.1) is 0 Å². The fourth-order valence-corrected chi connectivity index (χ4v) is 1.65. The number of carboxylic acid groups (broad SMARTS) is 1. The van der Waals surface area contributed by atoms with Gasteiger partial charge in [0.15, 0.2) is 5.69 Å². The van der Waals surface area contributed by atoms with E-state index in [2.05, 4.69) is 9.97 Å². The molecule has 4 heteroatoms. The lowest BCUT2D eigenvalue weighted by molar-refractivity contribution is 0.0692.